The molecule has 0 radical (unpaired) electrons. The van der Waals surface area contributed by atoms with E-state index in [9.17, 15) is 4.79 Å². The van der Waals surface area contributed by atoms with Crippen LogP contribution in [0.1, 0.15) is 22.3 Å². The molecule has 0 aliphatic rings. The minimum absolute atomic E-state index is 0.0255. The molecule has 0 aliphatic heterocycles. The SMILES string of the molecule is Cc1cc(C)c(SCC(=O)Nc2ccc(CC#N)cc2)c(C)c1. The van der Waals surface area contributed by atoms with E-state index in [1.54, 1.807) is 11.8 Å². The molecular formula is C19H20N2OS. The van der Waals surface area contributed by atoms with Crippen LogP contribution < -0.4 is 5.32 Å². The van der Waals surface area contributed by atoms with Crippen molar-refractivity contribution in [2.45, 2.75) is 32.1 Å². The summed E-state index contributed by atoms with van der Waals surface area (Å²) in [6.07, 6.45) is 0.385. The third-order valence-corrected chi connectivity index (χ3v) is 4.81. The van der Waals surface area contributed by atoms with E-state index in [1.165, 1.54) is 21.6 Å². The van der Waals surface area contributed by atoms with Gasteiger partial charge in [-0.05, 0) is 49.6 Å². The fraction of sp³-hybridized carbons (Fsp3) is 0.263. The van der Waals surface area contributed by atoms with Crippen molar-refractivity contribution in [3.63, 3.8) is 0 Å². The number of hydrogen-bond donors (Lipinski definition) is 1. The molecule has 1 amide bonds. The highest BCUT2D eigenvalue weighted by atomic mass is 32.2. The lowest BCUT2D eigenvalue weighted by atomic mass is 10.1. The van der Waals surface area contributed by atoms with Gasteiger partial charge in [0.15, 0.2) is 0 Å². The summed E-state index contributed by atoms with van der Waals surface area (Å²) in [5.74, 6) is 0.354. The summed E-state index contributed by atoms with van der Waals surface area (Å²) in [4.78, 5) is 13.3. The van der Waals surface area contributed by atoms with Crippen molar-refractivity contribution in [1.29, 1.82) is 5.26 Å². The van der Waals surface area contributed by atoms with Gasteiger partial charge in [0, 0.05) is 10.6 Å². The summed E-state index contributed by atoms with van der Waals surface area (Å²) < 4.78 is 0. The second-order valence-electron chi connectivity index (χ2n) is 5.60. The highest BCUT2D eigenvalue weighted by molar-refractivity contribution is 8.00. The van der Waals surface area contributed by atoms with Crippen molar-refractivity contribution in [2.75, 3.05) is 11.1 Å². The lowest BCUT2D eigenvalue weighted by Crippen LogP contribution is -2.14. The van der Waals surface area contributed by atoms with Gasteiger partial charge in [0.2, 0.25) is 5.91 Å². The van der Waals surface area contributed by atoms with Crippen LogP contribution in [0.25, 0.3) is 0 Å². The maximum absolute atomic E-state index is 12.1. The molecule has 0 bridgehead atoms. The van der Waals surface area contributed by atoms with Crippen molar-refractivity contribution in [1.82, 2.24) is 0 Å². The first-order valence-corrected chi connectivity index (χ1v) is 8.44. The molecule has 0 spiro atoms. The number of anilines is 1. The molecule has 1 N–H and O–H groups in total. The molecule has 0 saturated heterocycles. The Hall–Kier alpha value is -2.25. The molecule has 0 atom stereocenters. The zero-order valence-electron chi connectivity index (χ0n) is 13.6. The Morgan fingerprint density at radius 1 is 1.13 bits per heavy atom. The topological polar surface area (TPSA) is 52.9 Å². The van der Waals surface area contributed by atoms with E-state index in [0.29, 0.717) is 12.2 Å². The number of thioether (sulfide) groups is 1. The van der Waals surface area contributed by atoms with Gasteiger partial charge in [0.1, 0.15) is 0 Å². The van der Waals surface area contributed by atoms with E-state index in [0.717, 1.165) is 11.3 Å². The number of amides is 1. The van der Waals surface area contributed by atoms with Gasteiger partial charge in [-0.15, -0.1) is 11.8 Å². The van der Waals surface area contributed by atoms with Crippen LogP contribution in [0, 0.1) is 32.1 Å². The minimum atomic E-state index is -0.0255. The van der Waals surface area contributed by atoms with Crippen molar-refractivity contribution in [3.05, 3.63) is 58.7 Å². The standard InChI is InChI=1S/C19H20N2OS/c1-13-10-14(2)19(15(3)11-13)23-12-18(22)21-17-6-4-16(5-7-17)8-9-20/h4-7,10-11H,8,12H2,1-3H3,(H,21,22). The van der Waals surface area contributed by atoms with Gasteiger partial charge in [0.05, 0.1) is 18.2 Å². The Bertz CT molecular complexity index is 722. The summed E-state index contributed by atoms with van der Waals surface area (Å²) in [6, 6.07) is 13.8. The molecule has 0 heterocycles. The monoisotopic (exact) mass is 324 g/mol. The van der Waals surface area contributed by atoms with Crippen LogP contribution in [0.15, 0.2) is 41.3 Å². The lowest BCUT2D eigenvalue weighted by molar-refractivity contribution is -0.113. The number of carbonyl (C=O) groups is 1. The minimum Gasteiger partial charge on any atom is -0.325 e. The summed E-state index contributed by atoms with van der Waals surface area (Å²) >= 11 is 1.57. The number of nitriles is 1. The van der Waals surface area contributed by atoms with E-state index >= 15 is 0 Å². The number of aryl methyl sites for hydroxylation is 3. The molecule has 4 heteroatoms. The molecule has 0 fully saturated rings. The Balaban J connectivity index is 1.94. The Labute approximate surface area is 141 Å². The van der Waals surface area contributed by atoms with Crippen LogP contribution >= 0.6 is 11.8 Å². The fourth-order valence-electron chi connectivity index (χ4n) is 2.53. The van der Waals surface area contributed by atoms with Crippen LogP contribution in [0.4, 0.5) is 5.69 Å². The molecule has 0 aliphatic carbocycles. The van der Waals surface area contributed by atoms with Crippen molar-refractivity contribution < 1.29 is 4.79 Å². The first kappa shape index (κ1) is 17.1. The quantitative estimate of drug-likeness (QED) is 0.829. The third kappa shape index (κ3) is 4.87. The molecule has 2 rings (SSSR count). The average molecular weight is 324 g/mol. The van der Waals surface area contributed by atoms with Crippen molar-refractivity contribution >= 4 is 23.4 Å². The second-order valence-corrected chi connectivity index (χ2v) is 6.58. The Kier molecular flexibility index (Phi) is 5.84. The molecule has 118 valence electrons. The Morgan fingerprint density at radius 2 is 1.74 bits per heavy atom. The predicted molar refractivity (Wildman–Crippen MR) is 95.8 cm³/mol. The Morgan fingerprint density at radius 3 is 2.30 bits per heavy atom. The van der Waals surface area contributed by atoms with E-state index in [4.69, 9.17) is 5.26 Å². The first-order chi connectivity index (χ1) is 11.0. The number of rotatable bonds is 5. The molecule has 23 heavy (non-hydrogen) atoms. The van der Waals surface area contributed by atoms with Gasteiger partial charge in [-0.3, -0.25) is 4.79 Å². The van der Waals surface area contributed by atoms with Gasteiger partial charge in [-0.1, -0.05) is 29.8 Å². The fourth-order valence-corrected chi connectivity index (χ4v) is 3.45. The summed E-state index contributed by atoms with van der Waals surface area (Å²) in [5.41, 5.74) is 5.37. The molecule has 0 aromatic heterocycles. The van der Waals surface area contributed by atoms with E-state index in [-0.39, 0.29) is 5.91 Å². The maximum atomic E-state index is 12.1. The molecule has 3 nitrogen and oxygen atoms in total. The zero-order valence-corrected chi connectivity index (χ0v) is 14.5. The number of nitrogens with zero attached hydrogens (tertiary/aromatic N) is 1. The molecule has 2 aromatic rings. The summed E-state index contributed by atoms with van der Waals surface area (Å²) in [6.45, 7) is 6.24. The molecule has 2 aromatic carbocycles. The highest BCUT2D eigenvalue weighted by Gasteiger charge is 2.08. The smallest absolute Gasteiger partial charge is 0.234 e. The van der Waals surface area contributed by atoms with Gasteiger partial charge in [0.25, 0.3) is 0 Å². The largest absolute Gasteiger partial charge is 0.325 e. The first-order valence-electron chi connectivity index (χ1n) is 7.46. The highest BCUT2D eigenvalue weighted by Crippen LogP contribution is 2.27. The maximum Gasteiger partial charge on any atom is 0.234 e. The van der Waals surface area contributed by atoms with E-state index in [1.807, 2.05) is 24.3 Å². The van der Waals surface area contributed by atoms with Crippen LogP contribution in [0.3, 0.4) is 0 Å². The number of hydrogen-bond acceptors (Lipinski definition) is 3. The lowest BCUT2D eigenvalue weighted by Gasteiger charge is -2.11. The number of carbonyl (C=O) groups excluding carboxylic acids is 1. The van der Waals surface area contributed by atoms with Gasteiger partial charge in [-0.2, -0.15) is 5.26 Å². The van der Waals surface area contributed by atoms with Crippen LogP contribution in [0.2, 0.25) is 0 Å². The van der Waals surface area contributed by atoms with Crippen molar-refractivity contribution in [3.8, 4) is 6.07 Å². The van der Waals surface area contributed by atoms with Crippen LogP contribution in [-0.2, 0) is 11.2 Å². The van der Waals surface area contributed by atoms with Crippen LogP contribution in [-0.4, -0.2) is 11.7 Å². The van der Waals surface area contributed by atoms with Crippen molar-refractivity contribution in [2.24, 2.45) is 0 Å². The number of benzene rings is 2. The molecular weight excluding hydrogens is 304 g/mol. The molecule has 0 saturated carbocycles. The van der Waals surface area contributed by atoms with E-state index < -0.39 is 0 Å². The predicted octanol–water partition coefficient (Wildman–Crippen LogP) is 4.41. The summed E-state index contributed by atoms with van der Waals surface area (Å²) in [5, 5.41) is 11.5. The van der Waals surface area contributed by atoms with Gasteiger partial charge < -0.3 is 5.32 Å². The normalized spacial score (nSPS) is 10.2. The molecule has 0 unspecified atom stereocenters. The van der Waals surface area contributed by atoms with E-state index in [2.05, 4.69) is 44.3 Å². The zero-order chi connectivity index (χ0) is 16.8. The summed E-state index contributed by atoms with van der Waals surface area (Å²) in [7, 11) is 0. The number of nitrogens with one attached hydrogen (secondary N) is 1. The second kappa shape index (κ2) is 7.85. The van der Waals surface area contributed by atoms with Crippen LogP contribution in [0.5, 0.6) is 0 Å². The third-order valence-electron chi connectivity index (χ3n) is 3.47. The average Bonchev–Trinajstić information content (AvgIpc) is 2.48. The van der Waals surface area contributed by atoms with Gasteiger partial charge in [-0.25, -0.2) is 0 Å². The van der Waals surface area contributed by atoms with Gasteiger partial charge >= 0.3 is 0 Å².